The number of benzene rings is 1. The van der Waals surface area contributed by atoms with E-state index in [2.05, 4.69) is 16.0 Å². The normalized spacial score (nSPS) is 13.6. The number of nitrogens with one attached hydrogen (secondary N) is 3. The van der Waals surface area contributed by atoms with Crippen LogP contribution in [0.3, 0.4) is 0 Å². The van der Waals surface area contributed by atoms with E-state index < -0.39 is 55.3 Å². The van der Waals surface area contributed by atoms with E-state index in [4.69, 9.17) is 4.74 Å². The number of carbonyl (C=O) groups is 4. The monoisotopic (exact) mass is 533 g/mol. The van der Waals surface area contributed by atoms with E-state index in [0.717, 1.165) is 5.56 Å². The first-order valence-electron chi connectivity index (χ1n) is 13.2. The van der Waals surface area contributed by atoms with Crippen LogP contribution in [0.5, 0.6) is 0 Å². The second-order valence-corrected chi connectivity index (χ2v) is 10.9. The van der Waals surface area contributed by atoms with Crippen LogP contribution in [0.15, 0.2) is 30.3 Å². The average Bonchev–Trinajstić information content (AvgIpc) is 2.80. The van der Waals surface area contributed by atoms with Gasteiger partial charge in [0, 0.05) is 6.32 Å². The summed E-state index contributed by atoms with van der Waals surface area (Å²) in [5, 5.41) is 26.5. The van der Waals surface area contributed by atoms with E-state index in [0.29, 0.717) is 19.3 Å². The second kappa shape index (κ2) is 16.8. The van der Waals surface area contributed by atoms with E-state index in [-0.39, 0.29) is 24.4 Å². The maximum absolute atomic E-state index is 13.2. The fourth-order valence-corrected chi connectivity index (χ4v) is 3.92. The Hall–Kier alpha value is -2.92. The fraction of sp³-hybridized carbons (Fsp3) is 0.630. The van der Waals surface area contributed by atoms with Crippen molar-refractivity contribution in [2.24, 2.45) is 17.8 Å². The molecule has 212 valence electrons. The molecule has 1 rings (SSSR count). The topological polar surface area (TPSA) is 154 Å². The van der Waals surface area contributed by atoms with Gasteiger partial charge in [-0.05, 0) is 42.6 Å². The summed E-state index contributed by atoms with van der Waals surface area (Å²) in [4.78, 5) is 51.4. The van der Waals surface area contributed by atoms with Gasteiger partial charge in [0.25, 0.3) is 0 Å². The molecule has 5 N–H and O–H groups in total. The van der Waals surface area contributed by atoms with Crippen molar-refractivity contribution < 1.29 is 34.0 Å². The Labute approximate surface area is 226 Å². The molecule has 1 aromatic rings. The van der Waals surface area contributed by atoms with Crippen molar-refractivity contribution in [3.05, 3.63) is 35.9 Å². The van der Waals surface area contributed by atoms with E-state index in [1.807, 2.05) is 71.9 Å². The van der Waals surface area contributed by atoms with Gasteiger partial charge in [0.2, 0.25) is 11.8 Å². The Kier molecular flexibility index (Phi) is 14.7. The molecule has 0 spiro atoms. The average molecular weight is 533 g/mol. The summed E-state index contributed by atoms with van der Waals surface area (Å²) in [5.74, 6) is -1.42. The van der Waals surface area contributed by atoms with Crippen molar-refractivity contribution in [1.29, 1.82) is 0 Å². The Morgan fingerprint density at radius 1 is 0.737 bits per heavy atom. The van der Waals surface area contributed by atoms with Crippen molar-refractivity contribution >= 4 is 30.8 Å². The van der Waals surface area contributed by atoms with Crippen LogP contribution in [0.1, 0.15) is 66.4 Å². The molecular formula is C27H44BN3O7. The summed E-state index contributed by atoms with van der Waals surface area (Å²) in [5.41, 5.74) is 0.806. The quantitative estimate of drug-likeness (QED) is 0.205. The highest BCUT2D eigenvalue weighted by atomic mass is 16.5. The molecule has 0 aliphatic rings. The maximum atomic E-state index is 13.2. The number of amides is 3. The number of ether oxygens (including phenoxy) is 1. The van der Waals surface area contributed by atoms with Crippen molar-refractivity contribution in [3.63, 3.8) is 0 Å². The largest absolute Gasteiger partial charge is 0.459 e. The molecule has 3 amide bonds. The fourth-order valence-electron chi connectivity index (χ4n) is 3.92. The highest BCUT2D eigenvalue weighted by molar-refractivity contribution is 6.46. The molecule has 1 aromatic carbocycles. The molecule has 11 heteroatoms. The first-order valence-corrected chi connectivity index (χ1v) is 13.2. The van der Waals surface area contributed by atoms with Crippen molar-refractivity contribution in [1.82, 2.24) is 16.0 Å². The van der Waals surface area contributed by atoms with Crippen LogP contribution in [-0.4, -0.2) is 59.0 Å². The maximum Gasteiger partial charge on any atom is 0.459 e. The molecule has 38 heavy (non-hydrogen) atoms. The lowest BCUT2D eigenvalue weighted by Gasteiger charge is -2.27. The Bertz CT molecular complexity index is 894. The van der Waals surface area contributed by atoms with Gasteiger partial charge in [-0.3, -0.25) is 14.4 Å². The van der Waals surface area contributed by atoms with Crippen molar-refractivity contribution in [2.45, 2.75) is 91.9 Å². The minimum absolute atomic E-state index is 0.0388. The Morgan fingerprint density at radius 3 is 1.66 bits per heavy atom. The number of Topliss-reactive ketones (excluding diaryl/α,β-unsaturated/α-hetero) is 1. The van der Waals surface area contributed by atoms with Gasteiger partial charge >= 0.3 is 13.2 Å². The number of ketones is 1. The highest BCUT2D eigenvalue weighted by Gasteiger charge is 2.31. The number of hydrogen-bond donors (Lipinski definition) is 5. The SMILES string of the molecule is CC(C)C[C@H](NC(=O)[C@H](CC(C)C)NC(=O)[C@H](CC(C)C)NC(=O)OCc1ccccc1)C(=O)CB(O)O. The van der Waals surface area contributed by atoms with Crippen LogP contribution >= 0.6 is 0 Å². The third kappa shape index (κ3) is 13.6. The standard InChI is InChI=1S/C27H44BN3O7/c1-17(2)12-21(24(32)15-28(36)37)29-25(33)22(13-18(3)4)30-26(34)23(14-19(5)6)31-27(35)38-16-20-10-8-7-9-11-20/h7-11,17-19,21-23,36-37H,12-16H2,1-6H3,(H,29,33)(H,30,34)(H,31,35)/t21-,22-,23-/m0/s1. The summed E-state index contributed by atoms with van der Waals surface area (Å²) in [7, 11) is -1.82. The van der Waals surface area contributed by atoms with E-state index >= 15 is 0 Å². The van der Waals surface area contributed by atoms with Gasteiger partial charge in [0.05, 0.1) is 6.04 Å². The molecule has 0 unspecified atom stereocenters. The van der Waals surface area contributed by atoms with Gasteiger partial charge in [-0.1, -0.05) is 71.9 Å². The molecule has 0 radical (unpaired) electrons. The van der Waals surface area contributed by atoms with E-state index in [9.17, 15) is 29.2 Å². The lowest BCUT2D eigenvalue weighted by atomic mass is 9.80. The third-order valence-electron chi connectivity index (χ3n) is 5.66. The smallest absolute Gasteiger partial charge is 0.445 e. The van der Waals surface area contributed by atoms with Gasteiger partial charge in [0.15, 0.2) is 5.78 Å². The Balaban J connectivity index is 2.95. The van der Waals surface area contributed by atoms with Gasteiger partial charge in [0.1, 0.15) is 18.7 Å². The zero-order chi connectivity index (χ0) is 28.8. The summed E-state index contributed by atoms with van der Waals surface area (Å²) in [6, 6.07) is 6.34. The van der Waals surface area contributed by atoms with Gasteiger partial charge in [-0.25, -0.2) is 4.79 Å². The Morgan fingerprint density at radius 2 is 1.18 bits per heavy atom. The van der Waals surface area contributed by atoms with Crippen molar-refractivity contribution in [2.75, 3.05) is 0 Å². The highest BCUT2D eigenvalue weighted by Crippen LogP contribution is 2.12. The molecule has 0 heterocycles. The van der Waals surface area contributed by atoms with Gasteiger partial charge in [-0.2, -0.15) is 0 Å². The van der Waals surface area contributed by atoms with Crippen molar-refractivity contribution in [3.8, 4) is 0 Å². The number of alkyl carbamates (subject to hydrolysis) is 1. The number of carbonyl (C=O) groups excluding carboxylic acids is 4. The molecule has 10 nitrogen and oxygen atoms in total. The first-order chi connectivity index (χ1) is 17.8. The molecule has 0 bridgehead atoms. The summed E-state index contributed by atoms with van der Waals surface area (Å²) in [6.07, 6.45) is -0.320. The van der Waals surface area contributed by atoms with Crippen LogP contribution in [0.2, 0.25) is 6.32 Å². The summed E-state index contributed by atoms with van der Waals surface area (Å²) < 4.78 is 5.27. The van der Waals surface area contributed by atoms with Crippen LogP contribution < -0.4 is 16.0 Å². The third-order valence-corrected chi connectivity index (χ3v) is 5.66. The molecule has 0 saturated carbocycles. The lowest BCUT2D eigenvalue weighted by molar-refractivity contribution is -0.132. The molecule has 0 aliphatic carbocycles. The predicted molar refractivity (Wildman–Crippen MR) is 146 cm³/mol. The lowest BCUT2D eigenvalue weighted by Crippen LogP contribution is -2.56. The van der Waals surface area contributed by atoms with Gasteiger partial charge in [-0.15, -0.1) is 0 Å². The predicted octanol–water partition coefficient (Wildman–Crippen LogP) is 2.43. The molecule has 0 aromatic heterocycles. The number of hydrogen-bond acceptors (Lipinski definition) is 7. The zero-order valence-electron chi connectivity index (χ0n) is 23.4. The van der Waals surface area contributed by atoms with Crippen LogP contribution in [0.25, 0.3) is 0 Å². The van der Waals surface area contributed by atoms with Crippen LogP contribution in [0.4, 0.5) is 4.79 Å². The minimum Gasteiger partial charge on any atom is -0.445 e. The molecule has 0 aliphatic heterocycles. The summed E-state index contributed by atoms with van der Waals surface area (Å²) >= 11 is 0. The first kappa shape index (κ1) is 33.1. The molecular weight excluding hydrogens is 489 g/mol. The van der Waals surface area contributed by atoms with E-state index in [1.165, 1.54) is 0 Å². The van der Waals surface area contributed by atoms with Crippen LogP contribution in [-0.2, 0) is 25.7 Å². The molecule has 0 fully saturated rings. The number of rotatable bonds is 16. The molecule has 3 atom stereocenters. The van der Waals surface area contributed by atoms with Crippen LogP contribution in [0, 0.1) is 17.8 Å². The second-order valence-electron chi connectivity index (χ2n) is 10.9. The van der Waals surface area contributed by atoms with E-state index in [1.54, 1.807) is 0 Å². The summed E-state index contributed by atoms with van der Waals surface area (Å²) in [6.45, 7) is 11.4. The van der Waals surface area contributed by atoms with Gasteiger partial charge < -0.3 is 30.7 Å². The minimum atomic E-state index is -1.82. The zero-order valence-corrected chi connectivity index (χ0v) is 23.4. The molecule has 0 saturated heterocycles.